The summed E-state index contributed by atoms with van der Waals surface area (Å²) in [5.74, 6) is -0.0625. The van der Waals surface area contributed by atoms with E-state index in [1.54, 1.807) is 6.07 Å². The number of nitrogens with zero attached hydrogens (tertiary/aromatic N) is 4. The molecule has 1 aliphatic rings. The molecule has 0 saturated carbocycles. The lowest BCUT2D eigenvalue weighted by molar-refractivity contribution is -0.117. The third kappa shape index (κ3) is 3.78. The molecule has 0 bridgehead atoms. The van der Waals surface area contributed by atoms with E-state index >= 15 is 0 Å². The number of nitriles is 1. The fourth-order valence-electron chi connectivity index (χ4n) is 2.94. The minimum atomic E-state index is -0.0625. The van der Waals surface area contributed by atoms with Gasteiger partial charge in [0.25, 0.3) is 0 Å². The minimum Gasteiger partial charge on any atom is -0.315 e. The molecular weight excluding hydrogens is 310 g/mol. The topological polar surface area (TPSA) is 74.0 Å². The Morgan fingerprint density at radius 2 is 2.48 bits per heavy atom. The molecule has 2 aromatic rings. The smallest absolute Gasteiger partial charge is 0.239 e. The van der Waals surface area contributed by atoms with Crippen molar-refractivity contribution in [1.29, 1.82) is 5.26 Å². The van der Waals surface area contributed by atoms with E-state index in [4.69, 9.17) is 5.26 Å². The van der Waals surface area contributed by atoms with E-state index in [2.05, 4.69) is 21.4 Å². The van der Waals surface area contributed by atoms with E-state index < -0.39 is 0 Å². The summed E-state index contributed by atoms with van der Waals surface area (Å²) in [4.78, 5) is 14.5. The van der Waals surface area contributed by atoms with Gasteiger partial charge in [-0.05, 0) is 43.3 Å². The largest absolute Gasteiger partial charge is 0.315 e. The molecule has 0 spiro atoms. The molecule has 1 aliphatic heterocycles. The summed E-state index contributed by atoms with van der Waals surface area (Å²) in [7, 11) is 0. The standard InChI is InChI=1S/C16H19N5OS/c1-12-8-18-21(9-12)10-14-3-2-5-20(14)11-15(22)19-16-13(7-17)4-6-23-16/h4,6,8-9,14H,2-3,5,10-11H2,1H3,(H,19,22)/t14-/m0/s1. The Balaban J connectivity index is 1.58. The van der Waals surface area contributed by atoms with Crippen LogP contribution in [0.3, 0.4) is 0 Å². The second-order valence-electron chi connectivity index (χ2n) is 5.83. The number of hydrogen-bond acceptors (Lipinski definition) is 5. The van der Waals surface area contributed by atoms with E-state index in [0.29, 0.717) is 23.2 Å². The van der Waals surface area contributed by atoms with Gasteiger partial charge in [-0.3, -0.25) is 14.4 Å². The first-order valence-corrected chi connectivity index (χ1v) is 8.54. The van der Waals surface area contributed by atoms with Crippen LogP contribution in [0.15, 0.2) is 23.8 Å². The molecule has 23 heavy (non-hydrogen) atoms. The molecule has 3 heterocycles. The number of hydrogen-bond donors (Lipinski definition) is 1. The van der Waals surface area contributed by atoms with Gasteiger partial charge in [0, 0.05) is 12.2 Å². The lowest BCUT2D eigenvalue weighted by Crippen LogP contribution is -2.39. The van der Waals surface area contributed by atoms with Gasteiger partial charge < -0.3 is 5.32 Å². The summed E-state index contributed by atoms with van der Waals surface area (Å²) in [6, 6.07) is 4.14. The molecule has 0 aliphatic carbocycles. The lowest BCUT2D eigenvalue weighted by atomic mass is 10.2. The molecule has 1 atom stereocenters. The Morgan fingerprint density at radius 1 is 1.61 bits per heavy atom. The van der Waals surface area contributed by atoms with Crippen molar-refractivity contribution in [3.8, 4) is 6.07 Å². The molecule has 2 aromatic heterocycles. The Bertz CT molecular complexity index is 729. The van der Waals surface area contributed by atoms with Crippen LogP contribution in [-0.4, -0.2) is 39.7 Å². The van der Waals surface area contributed by atoms with Crippen LogP contribution in [0.4, 0.5) is 5.00 Å². The highest BCUT2D eigenvalue weighted by Gasteiger charge is 2.27. The van der Waals surface area contributed by atoms with E-state index in [1.165, 1.54) is 11.3 Å². The number of carbonyl (C=O) groups excluding carboxylic acids is 1. The summed E-state index contributed by atoms with van der Waals surface area (Å²) in [5.41, 5.74) is 1.67. The first-order valence-electron chi connectivity index (χ1n) is 7.66. The molecule has 1 amide bonds. The Kier molecular flexibility index (Phi) is 4.74. The molecule has 1 N–H and O–H groups in total. The fourth-order valence-corrected chi connectivity index (χ4v) is 3.69. The number of amides is 1. The third-order valence-electron chi connectivity index (χ3n) is 4.04. The molecule has 0 radical (unpaired) electrons. The molecule has 1 fully saturated rings. The van der Waals surface area contributed by atoms with Gasteiger partial charge in [0.15, 0.2) is 0 Å². The SMILES string of the molecule is Cc1cnn(C[C@@H]2CCCN2CC(=O)Nc2sccc2C#N)c1. The maximum atomic E-state index is 12.3. The molecule has 1 saturated heterocycles. The normalized spacial score (nSPS) is 18.0. The predicted octanol–water partition coefficient (Wildman–Crippen LogP) is 2.23. The van der Waals surface area contributed by atoms with Gasteiger partial charge in [-0.25, -0.2) is 0 Å². The molecule has 3 rings (SSSR count). The monoisotopic (exact) mass is 329 g/mol. The van der Waals surface area contributed by atoms with Crippen LogP contribution >= 0.6 is 11.3 Å². The third-order valence-corrected chi connectivity index (χ3v) is 4.87. The second-order valence-corrected chi connectivity index (χ2v) is 6.75. The minimum absolute atomic E-state index is 0.0625. The summed E-state index contributed by atoms with van der Waals surface area (Å²) in [6.07, 6.45) is 6.06. The number of likely N-dealkylation sites (tertiary alicyclic amines) is 1. The number of aryl methyl sites for hydroxylation is 1. The first-order chi connectivity index (χ1) is 11.2. The van der Waals surface area contributed by atoms with Gasteiger partial charge in [0.2, 0.25) is 5.91 Å². The quantitative estimate of drug-likeness (QED) is 0.913. The number of anilines is 1. The van der Waals surface area contributed by atoms with Crippen molar-refractivity contribution in [2.45, 2.75) is 32.4 Å². The maximum Gasteiger partial charge on any atom is 0.239 e. The van der Waals surface area contributed by atoms with Crippen molar-refractivity contribution in [2.24, 2.45) is 0 Å². The molecule has 120 valence electrons. The van der Waals surface area contributed by atoms with Gasteiger partial charge in [-0.1, -0.05) is 0 Å². The van der Waals surface area contributed by atoms with Crippen molar-refractivity contribution in [1.82, 2.24) is 14.7 Å². The first kappa shape index (κ1) is 15.7. The molecular formula is C16H19N5OS. The number of thiophene rings is 1. The zero-order chi connectivity index (χ0) is 16.2. The van der Waals surface area contributed by atoms with E-state index in [-0.39, 0.29) is 5.91 Å². The van der Waals surface area contributed by atoms with Gasteiger partial charge in [0.1, 0.15) is 11.1 Å². The molecule has 0 aromatic carbocycles. The van der Waals surface area contributed by atoms with Gasteiger partial charge >= 0.3 is 0 Å². The highest BCUT2D eigenvalue weighted by molar-refractivity contribution is 7.14. The number of carbonyl (C=O) groups is 1. The Hall–Kier alpha value is -2.17. The van der Waals surface area contributed by atoms with Crippen molar-refractivity contribution in [3.05, 3.63) is 35.0 Å². The number of nitrogens with one attached hydrogen (secondary N) is 1. The maximum absolute atomic E-state index is 12.3. The fraction of sp³-hybridized carbons (Fsp3) is 0.438. The molecule has 7 heteroatoms. The van der Waals surface area contributed by atoms with Gasteiger partial charge in [-0.15, -0.1) is 11.3 Å². The van der Waals surface area contributed by atoms with Crippen LogP contribution in [0.5, 0.6) is 0 Å². The van der Waals surface area contributed by atoms with Crippen LogP contribution in [0.2, 0.25) is 0 Å². The van der Waals surface area contributed by atoms with Crippen LogP contribution in [0, 0.1) is 18.3 Å². The average Bonchev–Trinajstić information content (AvgIpc) is 3.23. The molecule has 6 nitrogen and oxygen atoms in total. The summed E-state index contributed by atoms with van der Waals surface area (Å²) in [5, 5.41) is 18.6. The molecule has 0 unspecified atom stereocenters. The zero-order valence-corrected chi connectivity index (χ0v) is 13.8. The average molecular weight is 329 g/mol. The highest BCUT2D eigenvalue weighted by atomic mass is 32.1. The van der Waals surface area contributed by atoms with E-state index in [0.717, 1.165) is 31.5 Å². The number of aromatic nitrogens is 2. The van der Waals surface area contributed by atoms with Crippen LogP contribution in [0.25, 0.3) is 0 Å². The highest BCUT2D eigenvalue weighted by Crippen LogP contribution is 2.23. The van der Waals surface area contributed by atoms with E-state index in [9.17, 15) is 4.79 Å². The van der Waals surface area contributed by atoms with Crippen LogP contribution in [-0.2, 0) is 11.3 Å². The lowest BCUT2D eigenvalue weighted by Gasteiger charge is -2.23. The predicted molar refractivity (Wildman–Crippen MR) is 89.2 cm³/mol. The second kappa shape index (κ2) is 6.94. The number of rotatable bonds is 5. The summed E-state index contributed by atoms with van der Waals surface area (Å²) in [6.45, 7) is 4.11. The summed E-state index contributed by atoms with van der Waals surface area (Å²) < 4.78 is 1.95. The zero-order valence-electron chi connectivity index (χ0n) is 13.0. The Labute approximate surface area is 139 Å². The summed E-state index contributed by atoms with van der Waals surface area (Å²) >= 11 is 1.38. The van der Waals surface area contributed by atoms with Gasteiger partial charge in [0.05, 0.1) is 24.8 Å². The van der Waals surface area contributed by atoms with E-state index in [1.807, 2.05) is 29.4 Å². The van der Waals surface area contributed by atoms with Crippen molar-refractivity contribution in [2.75, 3.05) is 18.4 Å². The van der Waals surface area contributed by atoms with Crippen molar-refractivity contribution >= 4 is 22.2 Å². The van der Waals surface area contributed by atoms with Crippen LogP contribution in [0.1, 0.15) is 24.0 Å². The van der Waals surface area contributed by atoms with Crippen LogP contribution < -0.4 is 5.32 Å². The Morgan fingerprint density at radius 3 is 3.22 bits per heavy atom. The van der Waals surface area contributed by atoms with Crippen molar-refractivity contribution in [3.63, 3.8) is 0 Å². The van der Waals surface area contributed by atoms with Gasteiger partial charge in [-0.2, -0.15) is 10.4 Å². The van der Waals surface area contributed by atoms with Crippen molar-refractivity contribution < 1.29 is 4.79 Å².